The summed E-state index contributed by atoms with van der Waals surface area (Å²) in [6.07, 6.45) is 0.802. The SMILES string of the molecule is CCc1cc(-c2ccc(-c3ccc(C#N)c(F)c3)c(F)c2)ccc1C#Cc1ccc(C)cc1. The number of nitriles is 1. The van der Waals surface area contributed by atoms with Gasteiger partial charge in [-0.3, -0.25) is 0 Å². The lowest BCUT2D eigenvalue weighted by atomic mass is 9.95. The second-order valence-electron chi connectivity index (χ2n) is 7.84. The largest absolute Gasteiger partial charge is 0.206 e. The van der Waals surface area contributed by atoms with Crippen molar-refractivity contribution in [1.29, 1.82) is 5.26 Å². The number of aryl methyl sites for hydroxylation is 2. The summed E-state index contributed by atoms with van der Waals surface area (Å²) in [7, 11) is 0. The number of benzene rings is 4. The van der Waals surface area contributed by atoms with Gasteiger partial charge in [0.2, 0.25) is 0 Å². The molecule has 0 unspecified atom stereocenters. The van der Waals surface area contributed by atoms with Gasteiger partial charge in [-0.1, -0.05) is 60.7 Å². The van der Waals surface area contributed by atoms with E-state index in [0.29, 0.717) is 11.1 Å². The van der Waals surface area contributed by atoms with Crippen LogP contribution in [0.3, 0.4) is 0 Å². The van der Waals surface area contributed by atoms with E-state index in [1.54, 1.807) is 18.2 Å². The molecule has 0 aromatic heterocycles. The molecule has 0 atom stereocenters. The predicted molar refractivity (Wildman–Crippen MR) is 128 cm³/mol. The van der Waals surface area contributed by atoms with Crippen LogP contribution in [0.1, 0.15) is 34.7 Å². The third-order valence-electron chi connectivity index (χ3n) is 5.58. The molecule has 0 aliphatic rings. The maximum Gasteiger partial charge on any atom is 0.141 e. The first-order valence-electron chi connectivity index (χ1n) is 10.7. The molecule has 0 saturated heterocycles. The first-order chi connectivity index (χ1) is 16.0. The second kappa shape index (κ2) is 9.51. The number of halogens is 2. The van der Waals surface area contributed by atoms with E-state index < -0.39 is 11.6 Å². The quantitative estimate of drug-likeness (QED) is 0.308. The van der Waals surface area contributed by atoms with Crippen LogP contribution in [-0.4, -0.2) is 0 Å². The molecule has 4 rings (SSSR count). The topological polar surface area (TPSA) is 23.8 Å². The molecular weight excluding hydrogens is 412 g/mol. The monoisotopic (exact) mass is 433 g/mol. The van der Waals surface area contributed by atoms with Gasteiger partial charge >= 0.3 is 0 Å². The number of hydrogen-bond acceptors (Lipinski definition) is 1. The van der Waals surface area contributed by atoms with E-state index in [0.717, 1.165) is 34.2 Å². The number of rotatable bonds is 3. The number of nitrogens with zero attached hydrogens (tertiary/aromatic N) is 1. The van der Waals surface area contributed by atoms with Crippen molar-refractivity contribution in [2.75, 3.05) is 0 Å². The van der Waals surface area contributed by atoms with Gasteiger partial charge in [-0.25, -0.2) is 8.78 Å². The zero-order chi connectivity index (χ0) is 23.4. The normalized spacial score (nSPS) is 10.3. The molecule has 0 spiro atoms. The maximum absolute atomic E-state index is 14.9. The standard InChI is InChI=1S/C30H21F2N/c1-3-22-16-24(11-10-23(22)9-8-21-6-4-20(2)5-7-21)25-14-15-28(30(32)17-25)26-12-13-27(19-33)29(31)18-26/h4-7,10-18H,3H2,1-2H3. The lowest BCUT2D eigenvalue weighted by molar-refractivity contribution is 0.622. The van der Waals surface area contributed by atoms with E-state index >= 15 is 0 Å². The van der Waals surface area contributed by atoms with Gasteiger partial charge in [-0.15, -0.1) is 0 Å². The molecule has 0 N–H and O–H groups in total. The Labute approximate surface area is 193 Å². The van der Waals surface area contributed by atoms with Crippen LogP contribution in [0.2, 0.25) is 0 Å². The van der Waals surface area contributed by atoms with Gasteiger partial charge in [0.1, 0.15) is 17.7 Å². The molecule has 0 amide bonds. The van der Waals surface area contributed by atoms with Gasteiger partial charge in [0, 0.05) is 16.7 Å². The molecule has 4 aromatic rings. The highest BCUT2D eigenvalue weighted by atomic mass is 19.1. The van der Waals surface area contributed by atoms with Crippen molar-refractivity contribution in [2.24, 2.45) is 0 Å². The molecule has 0 aliphatic heterocycles. The van der Waals surface area contributed by atoms with Crippen LogP contribution in [0.5, 0.6) is 0 Å². The maximum atomic E-state index is 14.9. The van der Waals surface area contributed by atoms with E-state index in [2.05, 4.69) is 18.8 Å². The Bertz CT molecular complexity index is 1430. The molecule has 0 fully saturated rings. The lowest BCUT2D eigenvalue weighted by Crippen LogP contribution is -1.92. The van der Waals surface area contributed by atoms with Crippen LogP contribution in [0.25, 0.3) is 22.3 Å². The summed E-state index contributed by atoms with van der Waals surface area (Å²) in [5.41, 5.74) is 6.45. The Morgan fingerprint density at radius 1 is 0.697 bits per heavy atom. The van der Waals surface area contributed by atoms with Crippen LogP contribution in [-0.2, 0) is 6.42 Å². The molecule has 4 aromatic carbocycles. The van der Waals surface area contributed by atoms with Gasteiger partial charge in [-0.2, -0.15) is 5.26 Å². The smallest absolute Gasteiger partial charge is 0.141 e. The van der Waals surface area contributed by atoms with E-state index in [4.69, 9.17) is 5.26 Å². The van der Waals surface area contributed by atoms with Gasteiger partial charge in [-0.05, 0) is 78.1 Å². The zero-order valence-electron chi connectivity index (χ0n) is 18.4. The summed E-state index contributed by atoms with van der Waals surface area (Å²) < 4.78 is 28.9. The zero-order valence-corrected chi connectivity index (χ0v) is 18.4. The highest BCUT2D eigenvalue weighted by Gasteiger charge is 2.11. The van der Waals surface area contributed by atoms with Gasteiger partial charge < -0.3 is 0 Å². The fourth-order valence-corrected chi connectivity index (χ4v) is 3.67. The minimum Gasteiger partial charge on any atom is -0.206 e. The molecule has 0 aliphatic carbocycles. The van der Waals surface area contributed by atoms with E-state index in [-0.39, 0.29) is 5.56 Å². The summed E-state index contributed by atoms with van der Waals surface area (Å²) in [4.78, 5) is 0. The van der Waals surface area contributed by atoms with Crippen molar-refractivity contribution >= 4 is 0 Å². The number of hydrogen-bond donors (Lipinski definition) is 0. The Morgan fingerprint density at radius 3 is 2.00 bits per heavy atom. The van der Waals surface area contributed by atoms with Crippen molar-refractivity contribution in [1.82, 2.24) is 0 Å². The van der Waals surface area contributed by atoms with E-state index in [1.807, 2.05) is 55.5 Å². The summed E-state index contributed by atoms with van der Waals surface area (Å²) in [5.74, 6) is 5.36. The van der Waals surface area contributed by atoms with E-state index in [9.17, 15) is 8.78 Å². The van der Waals surface area contributed by atoms with Crippen molar-refractivity contribution in [3.8, 4) is 40.2 Å². The van der Waals surface area contributed by atoms with Crippen LogP contribution in [0, 0.1) is 41.7 Å². The summed E-state index contributed by atoms with van der Waals surface area (Å²) in [6.45, 7) is 4.11. The predicted octanol–water partition coefficient (Wildman–Crippen LogP) is 7.44. The van der Waals surface area contributed by atoms with Gasteiger partial charge in [0.25, 0.3) is 0 Å². The van der Waals surface area contributed by atoms with Gasteiger partial charge in [0.15, 0.2) is 0 Å². The molecule has 3 heteroatoms. The highest BCUT2D eigenvalue weighted by Crippen LogP contribution is 2.30. The summed E-state index contributed by atoms with van der Waals surface area (Å²) in [5, 5.41) is 8.89. The van der Waals surface area contributed by atoms with Crippen molar-refractivity contribution < 1.29 is 8.78 Å². The van der Waals surface area contributed by atoms with Crippen LogP contribution < -0.4 is 0 Å². The van der Waals surface area contributed by atoms with Crippen molar-refractivity contribution in [3.63, 3.8) is 0 Å². The van der Waals surface area contributed by atoms with Crippen LogP contribution in [0.15, 0.2) is 78.9 Å². The molecular formula is C30H21F2N. The third kappa shape index (κ3) is 4.84. The third-order valence-corrected chi connectivity index (χ3v) is 5.58. The first-order valence-corrected chi connectivity index (χ1v) is 10.7. The van der Waals surface area contributed by atoms with E-state index in [1.165, 1.54) is 23.8 Å². The average molecular weight is 434 g/mol. The molecule has 0 bridgehead atoms. The second-order valence-corrected chi connectivity index (χ2v) is 7.84. The molecule has 0 saturated carbocycles. The Morgan fingerprint density at radius 2 is 1.33 bits per heavy atom. The minimum absolute atomic E-state index is 0.0616. The summed E-state index contributed by atoms with van der Waals surface area (Å²) in [6, 6.07) is 24.8. The molecule has 0 heterocycles. The Kier molecular flexibility index (Phi) is 6.34. The van der Waals surface area contributed by atoms with Crippen molar-refractivity contribution in [3.05, 3.63) is 118 Å². The lowest BCUT2D eigenvalue weighted by Gasteiger charge is -2.10. The fraction of sp³-hybridized carbons (Fsp3) is 0.100. The van der Waals surface area contributed by atoms with Gasteiger partial charge in [0.05, 0.1) is 5.56 Å². The molecule has 0 radical (unpaired) electrons. The average Bonchev–Trinajstić information content (AvgIpc) is 2.83. The minimum atomic E-state index is -0.659. The van der Waals surface area contributed by atoms with Crippen LogP contribution >= 0.6 is 0 Å². The molecule has 1 nitrogen and oxygen atoms in total. The van der Waals surface area contributed by atoms with Crippen LogP contribution in [0.4, 0.5) is 8.78 Å². The first kappa shape index (κ1) is 22.0. The Hall–Kier alpha value is -4.21. The Balaban J connectivity index is 1.64. The van der Waals surface area contributed by atoms with Crippen molar-refractivity contribution in [2.45, 2.75) is 20.3 Å². The fourth-order valence-electron chi connectivity index (χ4n) is 3.67. The highest BCUT2D eigenvalue weighted by molar-refractivity contribution is 5.72. The molecule has 33 heavy (non-hydrogen) atoms. The summed E-state index contributed by atoms with van der Waals surface area (Å²) >= 11 is 0. The molecule has 160 valence electrons.